The molecule has 130 valence electrons. The fourth-order valence-electron chi connectivity index (χ4n) is 3.75. The molecule has 24 heavy (non-hydrogen) atoms. The van der Waals surface area contributed by atoms with Crippen LogP contribution in [-0.4, -0.2) is 54.4 Å². The molecule has 0 aliphatic carbocycles. The summed E-state index contributed by atoms with van der Waals surface area (Å²) >= 11 is 5.99. The monoisotopic (exact) mass is 350 g/mol. The van der Waals surface area contributed by atoms with Crippen LogP contribution < -0.4 is 4.74 Å². The minimum atomic E-state index is -0.0911. The number of benzene rings is 1. The van der Waals surface area contributed by atoms with Gasteiger partial charge in [-0.05, 0) is 37.5 Å². The van der Waals surface area contributed by atoms with E-state index >= 15 is 0 Å². The number of ether oxygens (including phenoxy) is 1. The highest BCUT2D eigenvalue weighted by Gasteiger charge is 2.41. The maximum atomic E-state index is 13.0. The molecule has 0 spiro atoms. The molecule has 3 fully saturated rings. The lowest BCUT2D eigenvalue weighted by atomic mass is 9.94. The van der Waals surface area contributed by atoms with E-state index in [0.717, 1.165) is 25.8 Å². The van der Waals surface area contributed by atoms with Crippen molar-refractivity contribution < 1.29 is 14.3 Å². The van der Waals surface area contributed by atoms with Gasteiger partial charge in [-0.1, -0.05) is 18.5 Å². The van der Waals surface area contributed by atoms with Gasteiger partial charge in [-0.2, -0.15) is 0 Å². The average Bonchev–Trinajstić information content (AvgIpc) is 2.87. The predicted octanol–water partition coefficient (Wildman–Crippen LogP) is 2.82. The third-order valence-electron chi connectivity index (χ3n) is 4.94. The van der Waals surface area contributed by atoms with Gasteiger partial charge in [-0.15, -0.1) is 0 Å². The van der Waals surface area contributed by atoms with Crippen LogP contribution in [0.25, 0.3) is 0 Å². The Labute approximate surface area is 147 Å². The molecule has 4 rings (SSSR count). The Morgan fingerprint density at radius 1 is 1.33 bits per heavy atom. The number of nitrogens with zero attached hydrogens (tertiary/aromatic N) is 2. The number of carbonyl (C=O) groups excluding carboxylic acids is 2. The number of carbonyl (C=O) groups is 2. The Hall–Kier alpha value is -1.75. The number of fused-ring (bicyclic) bond motifs is 4. The normalized spacial score (nSPS) is 23.4. The summed E-state index contributed by atoms with van der Waals surface area (Å²) in [6.45, 7) is 3.92. The zero-order valence-electron chi connectivity index (χ0n) is 14.1. The summed E-state index contributed by atoms with van der Waals surface area (Å²) < 4.78 is 5.31. The molecule has 0 aromatic heterocycles. The lowest BCUT2D eigenvalue weighted by molar-refractivity contribution is -0.139. The van der Waals surface area contributed by atoms with Crippen molar-refractivity contribution in [2.45, 2.75) is 32.2 Å². The first-order valence-corrected chi connectivity index (χ1v) is 8.86. The third kappa shape index (κ3) is 3.09. The molecular formula is C18H23ClN2O3. The first kappa shape index (κ1) is 17.1. The zero-order valence-corrected chi connectivity index (χ0v) is 14.9. The number of methoxy groups -OCH3 is 1. The van der Waals surface area contributed by atoms with Gasteiger partial charge in [0.15, 0.2) is 0 Å². The van der Waals surface area contributed by atoms with Gasteiger partial charge < -0.3 is 14.5 Å². The second-order valence-corrected chi connectivity index (χ2v) is 6.95. The van der Waals surface area contributed by atoms with Crippen LogP contribution in [-0.2, 0) is 4.79 Å². The van der Waals surface area contributed by atoms with Gasteiger partial charge in [0.2, 0.25) is 5.91 Å². The predicted molar refractivity (Wildman–Crippen MR) is 92.4 cm³/mol. The molecule has 1 aromatic carbocycles. The van der Waals surface area contributed by atoms with Gasteiger partial charge in [0.25, 0.3) is 5.91 Å². The van der Waals surface area contributed by atoms with Crippen LogP contribution in [0.15, 0.2) is 18.2 Å². The summed E-state index contributed by atoms with van der Waals surface area (Å²) in [6.07, 6.45) is 2.77. The molecule has 6 heteroatoms. The summed E-state index contributed by atoms with van der Waals surface area (Å²) in [5, 5.41) is 0.531. The Morgan fingerprint density at radius 3 is 2.83 bits per heavy atom. The van der Waals surface area contributed by atoms with E-state index in [-0.39, 0.29) is 23.8 Å². The Balaban J connectivity index is 1.86. The summed E-state index contributed by atoms with van der Waals surface area (Å²) in [5.41, 5.74) is 0.498. The quantitative estimate of drug-likeness (QED) is 0.839. The Morgan fingerprint density at radius 2 is 2.12 bits per heavy atom. The SMILES string of the molecule is CCCN1C(=O)[C@H]2CC[C@@H]1CN(C(=O)c1ccc(Cl)cc1OC)C2. The molecule has 0 saturated carbocycles. The van der Waals surface area contributed by atoms with Crippen LogP contribution in [0.2, 0.25) is 5.02 Å². The van der Waals surface area contributed by atoms with Crippen LogP contribution in [0, 0.1) is 5.92 Å². The molecule has 5 nitrogen and oxygen atoms in total. The van der Waals surface area contributed by atoms with E-state index in [9.17, 15) is 9.59 Å². The average molecular weight is 351 g/mol. The molecular weight excluding hydrogens is 328 g/mol. The van der Waals surface area contributed by atoms with E-state index in [1.165, 1.54) is 7.11 Å². The highest BCUT2D eigenvalue weighted by molar-refractivity contribution is 6.30. The third-order valence-corrected chi connectivity index (χ3v) is 5.17. The summed E-state index contributed by atoms with van der Waals surface area (Å²) in [7, 11) is 1.53. The summed E-state index contributed by atoms with van der Waals surface area (Å²) in [6, 6.07) is 5.16. The maximum absolute atomic E-state index is 13.0. The van der Waals surface area contributed by atoms with Crippen molar-refractivity contribution in [3.05, 3.63) is 28.8 Å². The number of amides is 2. The molecule has 1 aromatic rings. The number of piperidine rings is 1. The van der Waals surface area contributed by atoms with Gasteiger partial charge >= 0.3 is 0 Å². The molecule has 0 unspecified atom stereocenters. The van der Waals surface area contributed by atoms with Crippen molar-refractivity contribution in [2.24, 2.45) is 5.92 Å². The summed E-state index contributed by atoms with van der Waals surface area (Å²) in [4.78, 5) is 29.4. The smallest absolute Gasteiger partial charge is 0.257 e. The van der Waals surface area contributed by atoms with E-state index in [1.54, 1.807) is 18.2 Å². The lowest BCUT2D eigenvalue weighted by Crippen LogP contribution is -2.48. The van der Waals surface area contributed by atoms with Crippen LogP contribution in [0.5, 0.6) is 5.75 Å². The molecule has 0 radical (unpaired) electrons. The largest absolute Gasteiger partial charge is 0.496 e. The molecule has 2 atom stereocenters. The van der Waals surface area contributed by atoms with Crippen LogP contribution >= 0.6 is 11.6 Å². The van der Waals surface area contributed by atoms with Gasteiger partial charge in [0.05, 0.1) is 18.6 Å². The maximum Gasteiger partial charge on any atom is 0.257 e. The zero-order chi connectivity index (χ0) is 17.3. The van der Waals surface area contributed by atoms with Crippen molar-refractivity contribution in [2.75, 3.05) is 26.7 Å². The van der Waals surface area contributed by atoms with E-state index in [4.69, 9.17) is 16.3 Å². The lowest BCUT2D eigenvalue weighted by Gasteiger charge is -2.35. The second-order valence-electron chi connectivity index (χ2n) is 6.51. The highest BCUT2D eigenvalue weighted by Crippen LogP contribution is 2.31. The van der Waals surface area contributed by atoms with Crippen molar-refractivity contribution in [3.8, 4) is 5.75 Å². The first-order valence-electron chi connectivity index (χ1n) is 8.48. The summed E-state index contributed by atoms with van der Waals surface area (Å²) in [5.74, 6) is 0.497. The van der Waals surface area contributed by atoms with Crippen LogP contribution in [0.1, 0.15) is 36.5 Å². The molecule has 3 aliphatic heterocycles. The van der Waals surface area contributed by atoms with Crippen molar-refractivity contribution in [1.29, 1.82) is 0 Å². The fourth-order valence-corrected chi connectivity index (χ4v) is 3.92. The number of rotatable bonds is 4. The van der Waals surface area contributed by atoms with E-state index in [0.29, 0.717) is 29.4 Å². The first-order chi connectivity index (χ1) is 11.5. The van der Waals surface area contributed by atoms with Gasteiger partial charge in [0.1, 0.15) is 5.75 Å². The number of halogens is 1. The molecule has 3 heterocycles. The van der Waals surface area contributed by atoms with Crippen LogP contribution in [0.3, 0.4) is 0 Å². The molecule has 2 bridgehead atoms. The van der Waals surface area contributed by atoms with Gasteiger partial charge in [0, 0.05) is 30.7 Å². The van der Waals surface area contributed by atoms with Gasteiger partial charge in [-0.3, -0.25) is 9.59 Å². The Kier molecular flexibility index (Phi) is 4.99. The molecule has 2 amide bonds. The fraction of sp³-hybridized carbons (Fsp3) is 0.556. The second kappa shape index (κ2) is 7.01. The molecule has 3 aliphatic rings. The van der Waals surface area contributed by atoms with Crippen molar-refractivity contribution in [1.82, 2.24) is 9.80 Å². The van der Waals surface area contributed by atoms with Crippen molar-refractivity contribution in [3.63, 3.8) is 0 Å². The molecule has 3 saturated heterocycles. The van der Waals surface area contributed by atoms with Gasteiger partial charge in [-0.25, -0.2) is 0 Å². The van der Waals surface area contributed by atoms with E-state index in [1.807, 2.05) is 9.80 Å². The van der Waals surface area contributed by atoms with Crippen molar-refractivity contribution >= 4 is 23.4 Å². The minimum Gasteiger partial charge on any atom is -0.496 e. The molecule has 0 N–H and O–H groups in total. The highest BCUT2D eigenvalue weighted by atomic mass is 35.5. The van der Waals surface area contributed by atoms with E-state index < -0.39 is 0 Å². The van der Waals surface area contributed by atoms with Crippen LogP contribution in [0.4, 0.5) is 0 Å². The number of hydrogen-bond acceptors (Lipinski definition) is 3. The Bertz CT molecular complexity index is 649. The minimum absolute atomic E-state index is 0.0856. The standard InChI is InChI=1S/C18H23ClN2O3/c1-3-8-21-14-6-4-12(17(21)22)10-20(11-14)18(23)15-7-5-13(19)9-16(15)24-2/h5,7,9,12,14H,3-4,6,8,10-11H2,1-2H3/t12-,14+/m0/s1. The van der Waals surface area contributed by atoms with E-state index in [2.05, 4.69) is 6.92 Å². The number of hydrogen-bond donors (Lipinski definition) is 0. The topological polar surface area (TPSA) is 49.9 Å².